The van der Waals surface area contributed by atoms with Crippen LogP contribution in [0.4, 0.5) is 0 Å². The quantitative estimate of drug-likeness (QED) is 0.623. The van der Waals surface area contributed by atoms with Gasteiger partial charge in [-0.2, -0.15) is 0 Å². The van der Waals surface area contributed by atoms with Gasteiger partial charge in [-0.25, -0.2) is 0 Å². The van der Waals surface area contributed by atoms with E-state index in [2.05, 4.69) is 12.1 Å². The Morgan fingerprint density at radius 1 is 1.00 bits per heavy atom. The van der Waals surface area contributed by atoms with Crippen molar-refractivity contribution in [3.05, 3.63) is 59.2 Å². The van der Waals surface area contributed by atoms with Crippen LogP contribution in [0.2, 0.25) is 0 Å². The van der Waals surface area contributed by atoms with Gasteiger partial charge in [0.15, 0.2) is 0 Å². The summed E-state index contributed by atoms with van der Waals surface area (Å²) in [5, 5.41) is 0. The molecular formula is C23H27NO3S2. The van der Waals surface area contributed by atoms with Crippen LogP contribution >= 0.6 is 23.5 Å². The van der Waals surface area contributed by atoms with Gasteiger partial charge in [0.1, 0.15) is 11.5 Å². The first-order valence-corrected chi connectivity index (χ1v) is 12.2. The van der Waals surface area contributed by atoms with Crippen LogP contribution < -0.4 is 9.47 Å². The lowest BCUT2D eigenvalue weighted by atomic mass is 10.0. The Bertz CT molecular complexity index is 850. The molecular weight excluding hydrogens is 402 g/mol. The maximum atomic E-state index is 13.3. The Morgan fingerprint density at radius 2 is 1.76 bits per heavy atom. The molecule has 0 bridgehead atoms. The summed E-state index contributed by atoms with van der Waals surface area (Å²) in [5.41, 5.74) is 3.12. The molecule has 29 heavy (non-hydrogen) atoms. The van der Waals surface area contributed by atoms with Crippen molar-refractivity contribution in [2.45, 2.75) is 29.9 Å². The predicted octanol–water partition coefficient (Wildman–Crippen LogP) is 5.55. The highest BCUT2D eigenvalue weighted by Gasteiger charge is 2.32. The molecule has 4 nitrogen and oxygen atoms in total. The molecule has 6 heteroatoms. The largest absolute Gasteiger partial charge is 0.497 e. The standard InChI is InChI=1S/C23H27NO3S2/c1-26-18-10-11-19(21(15-18)27-2)20-5-3-12-24(20)22(25)16-6-8-17(9-7-16)23-28-13-4-14-29-23/h6-11,15,20,23H,3-5,12-14H2,1-2H3. The molecule has 2 aliphatic rings. The van der Waals surface area contributed by atoms with Crippen molar-refractivity contribution >= 4 is 29.4 Å². The first-order chi connectivity index (χ1) is 14.2. The maximum absolute atomic E-state index is 13.3. The van der Waals surface area contributed by atoms with E-state index >= 15 is 0 Å². The van der Waals surface area contributed by atoms with Crippen molar-refractivity contribution in [3.63, 3.8) is 0 Å². The Labute approximate surface area is 181 Å². The molecule has 1 atom stereocenters. The Balaban J connectivity index is 1.53. The Kier molecular flexibility index (Phi) is 6.60. The van der Waals surface area contributed by atoms with Crippen molar-refractivity contribution in [1.82, 2.24) is 4.90 Å². The van der Waals surface area contributed by atoms with E-state index in [1.165, 1.54) is 23.5 Å². The second-order valence-corrected chi connectivity index (χ2v) is 10.0. The number of rotatable bonds is 5. The molecule has 0 spiro atoms. The lowest BCUT2D eigenvalue weighted by Gasteiger charge is -2.27. The van der Waals surface area contributed by atoms with Gasteiger partial charge in [-0.3, -0.25) is 4.79 Å². The Hall–Kier alpha value is -1.79. The molecule has 2 saturated heterocycles. The summed E-state index contributed by atoms with van der Waals surface area (Å²) in [7, 11) is 3.31. The molecule has 2 heterocycles. The van der Waals surface area contributed by atoms with Crippen LogP contribution in [-0.2, 0) is 0 Å². The smallest absolute Gasteiger partial charge is 0.254 e. The van der Waals surface area contributed by atoms with E-state index in [1.54, 1.807) is 14.2 Å². The van der Waals surface area contributed by atoms with Gasteiger partial charge in [-0.1, -0.05) is 12.1 Å². The zero-order valence-electron chi connectivity index (χ0n) is 16.9. The van der Waals surface area contributed by atoms with Gasteiger partial charge in [0.05, 0.1) is 24.8 Å². The fourth-order valence-electron chi connectivity index (χ4n) is 4.06. The maximum Gasteiger partial charge on any atom is 0.254 e. The molecule has 154 valence electrons. The average Bonchev–Trinajstić information content (AvgIpc) is 3.28. The van der Waals surface area contributed by atoms with E-state index in [1.807, 2.05) is 58.8 Å². The topological polar surface area (TPSA) is 38.8 Å². The van der Waals surface area contributed by atoms with Gasteiger partial charge in [0, 0.05) is 23.7 Å². The second-order valence-electron chi connectivity index (χ2n) is 7.31. The van der Waals surface area contributed by atoms with Gasteiger partial charge in [-0.05, 0) is 60.6 Å². The van der Waals surface area contributed by atoms with E-state index in [-0.39, 0.29) is 11.9 Å². The summed E-state index contributed by atoms with van der Waals surface area (Å²) in [5.74, 6) is 4.07. The fraction of sp³-hybridized carbons (Fsp3) is 0.435. The number of nitrogens with zero attached hydrogens (tertiary/aromatic N) is 1. The van der Waals surface area contributed by atoms with Crippen molar-refractivity contribution in [2.24, 2.45) is 0 Å². The number of benzene rings is 2. The summed E-state index contributed by atoms with van der Waals surface area (Å²) in [6.07, 6.45) is 3.23. The van der Waals surface area contributed by atoms with Gasteiger partial charge in [-0.15, -0.1) is 23.5 Å². The van der Waals surface area contributed by atoms with Crippen molar-refractivity contribution in [1.29, 1.82) is 0 Å². The second kappa shape index (κ2) is 9.35. The number of hydrogen-bond donors (Lipinski definition) is 0. The molecule has 0 aromatic heterocycles. The molecule has 0 saturated carbocycles. The number of methoxy groups -OCH3 is 2. The minimum atomic E-state index is 0.0347. The number of ether oxygens (including phenoxy) is 2. The van der Waals surface area contributed by atoms with Crippen molar-refractivity contribution in [2.75, 3.05) is 32.3 Å². The van der Waals surface area contributed by atoms with Crippen LogP contribution in [-0.4, -0.2) is 43.1 Å². The molecule has 1 unspecified atom stereocenters. The zero-order valence-corrected chi connectivity index (χ0v) is 18.6. The monoisotopic (exact) mass is 429 g/mol. The van der Waals surface area contributed by atoms with Crippen molar-refractivity contribution in [3.8, 4) is 11.5 Å². The van der Waals surface area contributed by atoms with E-state index in [0.717, 1.165) is 42.0 Å². The normalized spacial score (nSPS) is 19.9. The lowest BCUT2D eigenvalue weighted by molar-refractivity contribution is 0.0734. The highest BCUT2D eigenvalue weighted by molar-refractivity contribution is 8.16. The highest BCUT2D eigenvalue weighted by atomic mass is 32.2. The molecule has 2 aromatic rings. The Morgan fingerprint density at radius 3 is 2.45 bits per heavy atom. The highest BCUT2D eigenvalue weighted by Crippen LogP contribution is 2.44. The van der Waals surface area contributed by atoms with Crippen LogP contribution in [0.25, 0.3) is 0 Å². The van der Waals surface area contributed by atoms with E-state index in [0.29, 0.717) is 4.58 Å². The van der Waals surface area contributed by atoms with Gasteiger partial charge < -0.3 is 14.4 Å². The predicted molar refractivity (Wildman–Crippen MR) is 121 cm³/mol. The number of carbonyl (C=O) groups excluding carboxylic acids is 1. The number of hydrogen-bond acceptors (Lipinski definition) is 5. The average molecular weight is 430 g/mol. The third-order valence-corrected chi connectivity index (χ3v) is 8.59. The lowest BCUT2D eigenvalue weighted by Crippen LogP contribution is -2.30. The van der Waals surface area contributed by atoms with E-state index < -0.39 is 0 Å². The number of thioether (sulfide) groups is 2. The zero-order chi connectivity index (χ0) is 20.2. The fourth-order valence-corrected chi connectivity index (χ4v) is 6.95. The number of likely N-dealkylation sites (tertiary alicyclic amines) is 1. The molecule has 0 N–H and O–H groups in total. The van der Waals surface area contributed by atoms with Gasteiger partial charge in [0.2, 0.25) is 0 Å². The van der Waals surface area contributed by atoms with Gasteiger partial charge in [0.25, 0.3) is 5.91 Å². The van der Waals surface area contributed by atoms with Crippen LogP contribution in [0, 0.1) is 0 Å². The molecule has 0 radical (unpaired) electrons. The molecule has 0 aliphatic carbocycles. The first kappa shape index (κ1) is 20.5. The summed E-state index contributed by atoms with van der Waals surface area (Å²) in [4.78, 5) is 15.3. The first-order valence-electron chi connectivity index (χ1n) is 10.1. The third-order valence-electron chi connectivity index (χ3n) is 5.57. The summed E-state index contributed by atoms with van der Waals surface area (Å²) < 4.78 is 11.4. The SMILES string of the molecule is COc1ccc(C2CCCN2C(=O)c2ccc(C3SCCCS3)cc2)c(OC)c1. The van der Waals surface area contributed by atoms with E-state index in [4.69, 9.17) is 9.47 Å². The van der Waals surface area contributed by atoms with Crippen LogP contribution in [0.3, 0.4) is 0 Å². The summed E-state index contributed by atoms with van der Waals surface area (Å²) >= 11 is 4.01. The van der Waals surface area contributed by atoms with Crippen LogP contribution in [0.15, 0.2) is 42.5 Å². The molecule has 2 aromatic carbocycles. The molecule has 2 fully saturated rings. The van der Waals surface area contributed by atoms with E-state index in [9.17, 15) is 4.79 Å². The molecule has 4 rings (SSSR count). The minimum absolute atomic E-state index is 0.0347. The number of amides is 1. The van der Waals surface area contributed by atoms with Gasteiger partial charge >= 0.3 is 0 Å². The van der Waals surface area contributed by atoms with Crippen LogP contribution in [0.5, 0.6) is 11.5 Å². The third kappa shape index (κ3) is 4.38. The van der Waals surface area contributed by atoms with Crippen LogP contribution in [0.1, 0.15) is 51.4 Å². The summed E-state index contributed by atoms with van der Waals surface area (Å²) in [6.45, 7) is 0.773. The number of carbonyl (C=O) groups is 1. The van der Waals surface area contributed by atoms with Crippen molar-refractivity contribution < 1.29 is 14.3 Å². The minimum Gasteiger partial charge on any atom is -0.497 e. The summed E-state index contributed by atoms with van der Waals surface area (Å²) in [6, 6.07) is 14.1. The molecule has 1 amide bonds. The molecule has 2 aliphatic heterocycles.